The van der Waals surface area contributed by atoms with Crippen LogP contribution in [0.25, 0.3) is 0 Å². The summed E-state index contributed by atoms with van der Waals surface area (Å²) in [5.74, 6) is 0.853. The quantitative estimate of drug-likeness (QED) is 0.464. The van der Waals surface area contributed by atoms with Crippen molar-refractivity contribution in [2.75, 3.05) is 6.61 Å². The highest BCUT2D eigenvalue weighted by Gasteiger charge is 2.69. The summed E-state index contributed by atoms with van der Waals surface area (Å²) in [6.07, 6.45) is 2.65. The van der Waals surface area contributed by atoms with Crippen LogP contribution in [0.15, 0.2) is 0 Å². The Bertz CT molecular complexity index is 800. The van der Waals surface area contributed by atoms with Crippen LogP contribution in [0.5, 0.6) is 0 Å². The molecule has 1 saturated carbocycles. The number of fused-ring (bicyclic) bond motifs is 3. The lowest BCUT2D eigenvalue weighted by Crippen LogP contribution is -2.57. The van der Waals surface area contributed by atoms with Crippen molar-refractivity contribution in [3.05, 3.63) is 0 Å². The Morgan fingerprint density at radius 2 is 1.82 bits per heavy atom. The van der Waals surface area contributed by atoms with Crippen molar-refractivity contribution in [3.63, 3.8) is 0 Å². The van der Waals surface area contributed by atoms with Gasteiger partial charge in [0.1, 0.15) is 17.8 Å². The highest BCUT2D eigenvalue weighted by molar-refractivity contribution is 5.69. The molecular formula is C26H40O7. The number of hydrogen-bond acceptors (Lipinski definition) is 7. The van der Waals surface area contributed by atoms with E-state index >= 15 is 0 Å². The minimum absolute atomic E-state index is 0.00209. The number of esters is 2. The van der Waals surface area contributed by atoms with Gasteiger partial charge in [0.25, 0.3) is 0 Å². The summed E-state index contributed by atoms with van der Waals surface area (Å²) in [7, 11) is 0. The third kappa shape index (κ3) is 3.82. The van der Waals surface area contributed by atoms with Gasteiger partial charge < -0.3 is 23.7 Å². The van der Waals surface area contributed by atoms with Crippen LogP contribution in [0.4, 0.5) is 0 Å². The first-order chi connectivity index (χ1) is 15.6. The van der Waals surface area contributed by atoms with Crippen LogP contribution in [0, 0.1) is 29.6 Å². The van der Waals surface area contributed by atoms with Gasteiger partial charge >= 0.3 is 11.9 Å². The Kier molecular flexibility index (Phi) is 5.85. The first-order valence-electron chi connectivity index (χ1n) is 12.9. The molecule has 7 heteroatoms. The summed E-state index contributed by atoms with van der Waals surface area (Å²) in [5, 5.41) is 0. The van der Waals surface area contributed by atoms with E-state index in [1.54, 1.807) is 0 Å². The molecule has 5 fully saturated rings. The third-order valence-corrected chi connectivity index (χ3v) is 9.32. The van der Waals surface area contributed by atoms with E-state index < -0.39 is 11.7 Å². The molecule has 12 atom stereocenters. The molecular weight excluding hydrogens is 424 g/mol. The number of carbonyl (C=O) groups is 2. The van der Waals surface area contributed by atoms with E-state index in [1.807, 2.05) is 6.92 Å². The molecule has 0 radical (unpaired) electrons. The van der Waals surface area contributed by atoms with Crippen LogP contribution in [-0.2, 0) is 33.3 Å². The number of hydrogen-bond donors (Lipinski definition) is 0. The van der Waals surface area contributed by atoms with Gasteiger partial charge in [-0.05, 0) is 44.4 Å². The first kappa shape index (κ1) is 23.6. The Hall–Kier alpha value is -1.18. The Balaban J connectivity index is 1.58. The van der Waals surface area contributed by atoms with Crippen LogP contribution < -0.4 is 0 Å². The molecule has 0 aromatic heterocycles. The minimum Gasteiger partial charge on any atom is -0.462 e. The smallest absolute Gasteiger partial charge is 0.306 e. The molecule has 0 aromatic carbocycles. The lowest BCUT2D eigenvalue weighted by Gasteiger charge is -2.47. The van der Waals surface area contributed by atoms with E-state index in [9.17, 15) is 9.59 Å². The monoisotopic (exact) mass is 464 g/mol. The normalized spacial score (nSPS) is 52.4. The van der Waals surface area contributed by atoms with Gasteiger partial charge in [0.05, 0.1) is 30.5 Å². The first-order valence-corrected chi connectivity index (χ1v) is 12.9. The predicted molar refractivity (Wildman–Crippen MR) is 119 cm³/mol. The fraction of sp³-hybridized carbons (Fsp3) is 0.923. The molecule has 2 bridgehead atoms. The maximum atomic E-state index is 12.6. The molecule has 5 aliphatic rings. The molecule has 33 heavy (non-hydrogen) atoms. The maximum Gasteiger partial charge on any atom is 0.306 e. The molecule has 4 aliphatic heterocycles. The molecule has 186 valence electrons. The van der Waals surface area contributed by atoms with Crippen LogP contribution in [0.3, 0.4) is 0 Å². The molecule has 4 heterocycles. The third-order valence-electron chi connectivity index (χ3n) is 9.32. The highest BCUT2D eigenvalue weighted by atomic mass is 16.6. The van der Waals surface area contributed by atoms with Crippen LogP contribution in [0.1, 0.15) is 73.6 Å². The summed E-state index contributed by atoms with van der Waals surface area (Å²) in [4.78, 5) is 24.7. The number of epoxide rings is 1. The summed E-state index contributed by atoms with van der Waals surface area (Å²) in [5.41, 5.74) is -1.09. The van der Waals surface area contributed by atoms with E-state index in [0.717, 1.165) is 19.3 Å². The second kappa shape index (κ2) is 8.20. The second-order valence-electron chi connectivity index (χ2n) is 11.8. The van der Waals surface area contributed by atoms with Gasteiger partial charge in [-0.25, -0.2) is 0 Å². The lowest BCUT2D eigenvalue weighted by atomic mass is 9.59. The van der Waals surface area contributed by atoms with Crippen molar-refractivity contribution in [1.82, 2.24) is 0 Å². The second-order valence-corrected chi connectivity index (χ2v) is 11.8. The van der Waals surface area contributed by atoms with Gasteiger partial charge in [0, 0.05) is 38.0 Å². The SMILES string of the molecule is CCCC(=O)O[C@H]1[C@@H]2[C@@H]3[C@@H](C[C@H]1C)[C@@H](C)CO[C@@]1(C)[C@H](OC(C)=O)C[C@@H]4O[C@]4(C)C[C@@H]2O[C@@H]31. The molecule has 0 N–H and O–H groups in total. The minimum atomic E-state index is -0.776. The van der Waals surface area contributed by atoms with Crippen molar-refractivity contribution in [3.8, 4) is 0 Å². The summed E-state index contributed by atoms with van der Waals surface area (Å²) in [6.45, 7) is 12.7. The van der Waals surface area contributed by atoms with Crippen molar-refractivity contribution in [2.24, 2.45) is 29.6 Å². The highest BCUT2D eigenvalue weighted by Crippen LogP contribution is 2.60. The Labute approximate surface area is 197 Å². The van der Waals surface area contributed by atoms with Crippen molar-refractivity contribution in [2.45, 2.75) is 115 Å². The number of carbonyl (C=O) groups excluding carboxylic acids is 2. The zero-order valence-electron chi connectivity index (χ0n) is 20.9. The molecule has 0 unspecified atom stereocenters. The Morgan fingerprint density at radius 1 is 1.06 bits per heavy atom. The lowest BCUT2D eigenvalue weighted by molar-refractivity contribution is -0.203. The van der Waals surface area contributed by atoms with E-state index in [2.05, 4.69) is 27.7 Å². The van der Waals surface area contributed by atoms with Crippen LogP contribution in [0.2, 0.25) is 0 Å². The van der Waals surface area contributed by atoms with Gasteiger partial charge in [-0.15, -0.1) is 0 Å². The summed E-state index contributed by atoms with van der Waals surface area (Å²) >= 11 is 0. The average Bonchev–Trinajstić information content (AvgIpc) is 3.22. The summed E-state index contributed by atoms with van der Waals surface area (Å²) in [6, 6.07) is 0. The number of rotatable bonds is 4. The van der Waals surface area contributed by atoms with Crippen LogP contribution >= 0.6 is 0 Å². The molecule has 0 aromatic rings. The summed E-state index contributed by atoms with van der Waals surface area (Å²) < 4.78 is 31.8. The van der Waals surface area contributed by atoms with E-state index in [-0.39, 0.29) is 59.7 Å². The van der Waals surface area contributed by atoms with Crippen molar-refractivity contribution < 1.29 is 33.3 Å². The molecule has 4 saturated heterocycles. The largest absolute Gasteiger partial charge is 0.462 e. The van der Waals surface area contributed by atoms with Gasteiger partial charge in [-0.2, -0.15) is 0 Å². The van der Waals surface area contributed by atoms with E-state index in [1.165, 1.54) is 6.92 Å². The van der Waals surface area contributed by atoms with Crippen LogP contribution in [-0.4, -0.2) is 60.3 Å². The van der Waals surface area contributed by atoms with Gasteiger partial charge in [0.2, 0.25) is 0 Å². The molecule has 1 aliphatic carbocycles. The van der Waals surface area contributed by atoms with E-state index in [0.29, 0.717) is 31.3 Å². The van der Waals surface area contributed by atoms with Gasteiger partial charge in [0.15, 0.2) is 0 Å². The molecule has 7 nitrogen and oxygen atoms in total. The number of ether oxygens (including phenoxy) is 5. The molecule has 5 rings (SSSR count). The standard InChI is InChI=1S/C26H40O7/c1-7-8-20(28)32-23-13(2)9-16-14(3)12-29-26(6)19(30-15(4)27)10-18-25(5,33-18)11-17-22(23)21(16)24(26)31-17/h13-14,16-19,21-24H,7-12H2,1-6H3/t13-,14+,16+,17+,18+,19-,21+,22+,23-,24+,25-,26+/m1/s1. The zero-order chi connectivity index (χ0) is 23.7. The van der Waals surface area contributed by atoms with Gasteiger partial charge in [-0.3, -0.25) is 9.59 Å². The average molecular weight is 465 g/mol. The Morgan fingerprint density at radius 3 is 2.52 bits per heavy atom. The van der Waals surface area contributed by atoms with Crippen molar-refractivity contribution in [1.29, 1.82) is 0 Å². The van der Waals surface area contributed by atoms with Crippen molar-refractivity contribution >= 4 is 11.9 Å². The maximum absolute atomic E-state index is 12.6. The predicted octanol–water partition coefficient (Wildman–Crippen LogP) is 3.66. The fourth-order valence-electron chi connectivity index (χ4n) is 7.54. The zero-order valence-corrected chi connectivity index (χ0v) is 20.9. The molecule has 0 amide bonds. The topological polar surface area (TPSA) is 83.6 Å². The molecule has 0 spiro atoms. The van der Waals surface area contributed by atoms with Gasteiger partial charge in [-0.1, -0.05) is 20.8 Å². The fourth-order valence-corrected chi connectivity index (χ4v) is 7.54. The van der Waals surface area contributed by atoms with E-state index in [4.69, 9.17) is 23.7 Å².